The van der Waals surface area contributed by atoms with E-state index in [4.69, 9.17) is 10.5 Å². The molecule has 1 atom stereocenters. The van der Waals surface area contributed by atoms with Gasteiger partial charge in [-0.05, 0) is 38.1 Å². The van der Waals surface area contributed by atoms with E-state index in [1.807, 2.05) is 0 Å². The molecular formula is C12H25NO2. The van der Waals surface area contributed by atoms with Gasteiger partial charge in [-0.2, -0.15) is 0 Å². The summed E-state index contributed by atoms with van der Waals surface area (Å²) in [5.41, 5.74) is 4.88. The second kappa shape index (κ2) is 6.46. The summed E-state index contributed by atoms with van der Waals surface area (Å²) in [6, 6.07) is 0. The Labute approximate surface area is 93.0 Å². The average molecular weight is 215 g/mol. The number of methoxy groups -OCH3 is 1. The van der Waals surface area contributed by atoms with Gasteiger partial charge in [-0.25, -0.2) is 0 Å². The van der Waals surface area contributed by atoms with E-state index in [0.717, 1.165) is 25.7 Å². The van der Waals surface area contributed by atoms with E-state index in [1.54, 1.807) is 7.11 Å². The molecule has 1 unspecified atom stereocenters. The van der Waals surface area contributed by atoms with Gasteiger partial charge in [-0.1, -0.05) is 19.3 Å². The Kier molecular flexibility index (Phi) is 5.58. The van der Waals surface area contributed by atoms with Crippen LogP contribution in [0.3, 0.4) is 0 Å². The number of hydrogen-bond acceptors (Lipinski definition) is 3. The van der Waals surface area contributed by atoms with E-state index < -0.39 is 5.60 Å². The van der Waals surface area contributed by atoms with Crippen molar-refractivity contribution in [1.29, 1.82) is 0 Å². The van der Waals surface area contributed by atoms with Crippen LogP contribution >= 0.6 is 0 Å². The van der Waals surface area contributed by atoms with Gasteiger partial charge in [0.2, 0.25) is 0 Å². The summed E-state index contributed by atoms with van der Waals surface area (Å²) in [6.45, 7) is 1.11. The predicted molar refractivity (Wildman–Crippen MR) is 61.7 cm³/mol. The lowest BCUT2D eigenvalue weighted by Gasteiger charge is -2.38. The van der Waals surface area contributed by atoms with Gasteiger partial charge >= 0.3 is 0 Å². The van der Waals surface area contributed by atoms with Gasteiger partial charge in [-0.15, -0.1) is 0 Å². The van der Waals surface area contributed by atoms with Crippen molar-refractivity contribution in [2.24, 2.45) is 11.7 Å². The van der Waals surface area contributed by atoms with E-state index in [-0.39, 0.29) is 0 Å². The van der Waals surface area contributed by atoms with Crippen molar-refractivity contribution in [3.8, 4) is 0 Å². The van der Waals surface area contributed by atoms with Crippen molar-refractivity contribution in [3.63, 3.8) is 0 Å². The van der Waals surface area contributed by atoms with Crippen LogP contribution in [0.2, 0.25) is 0 Å². The van der Waals surface area contributed by atoms with Crippen molar-refractivity contribution >= 4 is 0 Å². The molecule has 3 N–H and O–H groups in total. The van der Waals surface area contributed by atoms with E-state index in [9.17, 15) is 5.11 Å². The first-order valence-corrected chi connectivity index (χ1v) is 6.14. The summed E-state index contributed by atoms with van der Waals surface area (Å²) in [7, 11) is 1.66. The summed E-state index contributed by atoms with van der Waals surface area (Å²) >= 11 is 0. The Bertz CT molecular complexity index is 169. The van der Waals surface area contributed by atoms with Crippen LogP contribution in [0.15, 0.2) is 0 Å². The molecule has 0 aromatic rings. The molecule has 1 aliphatic rings. The fraction of sp³-hybridized carbons (Fsp3) is 1.00. The third kappa shape index (κ3) is 3.74. The van der Waals surface area contributed by atoms with Gasteiger partial charge in [0.1, 0.15) is 0 Å². The summed E-state index contributed by atoms with van der Waals surface area (Å²) in [5.74, 6) is 0.415. The van der Waals surface area contributed by atoms with Crippen molar-refractivity contribution in [1.82, 2.24) is 0 Å². The molecule has 1 fully saturated rings. The Morgan fingerprint density at radius 2 is 2.00 bits per heavy atom. The lowest BCUT2D eigenvalue weighted by Crippen LogP contribution is -2.43. The minimum atomic E-state index is -0.630. The molecule has 0 spiro atoms. The molecule has 1 saturated carbocycles. The quantitative estimate of drug-likeness (QED) is 0.709. The number of aliphatic hydroxyl groups is 1. The first-order valence-electron chi connectivity index (χ1n) is 6.14. The Morgan fingerprint density at radius 1 is 1.33 bits per heavy atom. The van der Waals surface area contributed by atoms with E-state index in [0.29, 0.717) is 19.1 Å². The zero-order valence-electron chi connectivity index (χ0n) is 9.87. The predicted octanol–water partition coefficient (Wildman–Crippen LogP) is 1.68. The molecule has 0 radical (unpaired) electrons. The monoisotopic (exact) mass is 215 g/mol. The zero-order chi connectivity index (χ0) is 11.1. The van der Waals surface area contributed by atoms with E-state index in [2.05, 4.69) is 0 Å². The largest absolute Gasteiger partial charge is 0.387 e. The number of ether oxygens (including phenoxy) is 1. The Balaban J connectivity index is 2.52. The van der Waals surface area contributed by atoms with E-state index >= 15 is 0 Å². The number of hydrogen-bond donors (Lipinski definition) is 2. The van der Waals surface area contributed by atoms with Gasteiger partial charge in [0, 0.05) is 7.11 Å². The highest BCUT2D eigenvalue weighted by molar-refractivity contribution is 4.88. The fourth-order valence-electron chi connectivity index (χ4n) is 2.69. The topological polar surface area (TPSA) is 55.5 Å². The zero-order valence-corrected chi connectivity index (χ0v) is 9.87. The Morgan fingerprint density at radius 3 is 2.53 bits per heavy atom. The molecule has 90 valence electrons. The summed E-state index contributed by atoms with van der Waals surface area (Å²) in [6.07, 6.45) is 7.77. The molecule has 15 heavy (non-hydrogen) atoms. The maximum absolute atomic E-state index is 10.6. The first-order chi connectivity index (χ1) is 7.23. The summed E-state index contributed by atoms with van der Waals surface area (Å²) in [5, 5.41) is 10.6. The van der Waals surface area contributed by atoms with Gasteiger partial charge < -0.3 is 15.6 Å². The van der Waals surface area contributed by atoms with Crippen LogP contribution in [0.1, 0.15) is 44.9 Å². The lowest BCUT2D eigenvalue weighted by molar-refractivity contribution is -0.0897. The normalized spacial score (nSPS) is 22.6. The molecule has 0 amide bonds. The maximum atomic E-state index is 10.6. The highest BCUT2D eigenvalue weighted by Gasteiger charge is 2.36. The lowest BCUT2D eigenvalue weighted by atomic mass is 9.75. The molecule has 0 aromatic carbocycles. The molecule has 1 rings (SSSR count). The smallest absolute Gasteiger partial charge is 0.0908 e. The molecule has 0 aliphatic heterocycles. The van der Waals surface area contributed by atoms with Crippen molar-refractivity contribution < 1.29 is 9.84 Å². The molecule has 3 heteroatoms. The number of rotatable bonds is 6. The van der Waals surface area contributed by atoms with Crippen molar-refractivity contribution in [3.05, 3.63) is 0 Å². The highest BCUT2D eigenvalue weighted by atomic mass is 16.5. The van der Waals surface area contributed by atoms with Crippen LogP contribution in [0, 0.1) is 5.92 Å². The van der Waals surface area contributed by atoms with Gasteiger partial charge in [0.15, 0.2) is 0 Å². The number of nitrogens with two attached hydrogens (primary N) is 1. The first kappa shape index (κ1) is 12.9. The standard InChI is InChI=1S/C12H25NO2/c1-15-10-12(14,8-5-9-13)11-6-3-2-4-7-11/h11,14H,2-10,13H2,1H3. The average Bonchev–Trinajstić information content (AvgIpc) is 2.28. The van der Waals surface area contributed by atoms with E-state index in [1.165, 1.54) is 19.3 Å². The van der Waals surface area contributed by atoms with Crippen molar-refractivity contribution in [2.75, 3.05) is 20.3 Å². The van der Waals surface area contributed by atoms with Gasteiger partial charge in [0.25, 0.3) is 0 Å². The van der Waals surface area contributed by atoms with Crippen LogP contribution in [0.4, 0.5) is 0 Å². The molecule has 0 heterocycles. The molecule has 0 bridgehead atoms. The molecular weight excluding hydrogens is 190 g/mol. The second-order valence-corrected chi connectivity index (χ2v) is 4.76. The van der Waals surface area contributed by atoms with Gasteiger partial charge in [0.05, 0.1) is 12.2 Å². The van der Waals surface area contributed by atoms with Gasteiger partial charge in [-0.3, -0.25) is 0 Å². The van der Waals surface area contributed by atoms with Crippen LogP contribution in [-0.4, -0.2) is 31.0 Å². The SMILES string of the molecule is COCC(O)(CCCN)C1CCCCC1. The molecule has 0 saturated heterocycles. The van der Waals surface area contributed by atoms with Crippen LogP contribution in [-0.2, 0) is 4.74 Å². The minimum absolute atomic E-state index is 0.415. The molecule has 3 nitrogen and oxygen atoms in total. The van der Waals surface area contributed by atoms with Crippen LogP contribution in [0.25, 0.3) is 0 Å². The van der Waals surface area contributed by atoms with Crippen LogP contribution < -0.4 is 5.73 Å². The van der Waals surface area contributed by atoms with Crippen molar-refractivity contribution in [2.45, 2.75) is 50.5 Å². The summed E-state index contributed by atoms with van der Waals surface area (Å²) < 4.78 is 5.17. The third-order valence-electron chi connectivity index (χ3n) is 3.57. The summed E-state index contributed by atoms with van der Waals surface area (Å²) in [4.78, 5) is 0. The Hall–Kier alpha value is -0.120. The third-order valence-corrected chi connectivity index (χ3v) is 3.57. The minimum Gasteiger partial charge on any atom is -0.387 e. The second-order valence-electron chi connectivity index (χ2n) is 4.76. The molecule has 0 aromatic heterocycles. The molecule has 1 aliphatic carbocycles. The van der Waals surface area contributed by atoms with Crippen LogP contribution in [0.5, 0.6) is 0 Å². The maximum Gasteiger partial charge on any atom is 0.0908 e. The fourth-order valence-corrected chi connectivity index (χ4v) is 2.69. The highest BCUT2D eigenvalue weighted by Crippen LogP contribution is 2.35.